The average Bonchev–Trinajstić information content (AvgIpc) is 2.62. The summed E-state index contributed by atoms with van der Waals surface area (Å²) < 4.78 is 6.62. The van der Waals surface area contributed by atoms with E-state index >= 15 is 0 Å². The molecule has 1 aliphatic rings. The number of aromatic nitrogens is 2. The van der Waals surface area contributed by atoms with Crippen LogP contribution < -0.4 is 15.6 Å². The van der Waals surface area contributed by atoms with Crippen molar-refractivity contribution in [2.45, 2.75) is 45.6 Å². The van der Waals surface area contributed by atoms with Gasteiger partial charge in [0.2, 0.25) is 11.9 Å². The molecule has 25 heavy (non-hydrogen) atoms. The number of nitrogens with one attached hydrogen (secondary N) is 1. The molecule has 1 amide bonds. The molecule has 134 valence electrons. The van der Waals surface area contributed by atoms with Gasteiger partial charge in [0.1, 0.15) is 5.52 Å². The van der Waals surface area contributed by atoms with Gasteiger partial charge in [-0.3, -0.25) is 19.5 Å². The van der Waals surface area contributed by atoms with E-state index in [1.54, 1.807) is 0 Å². The number of benzene rings is 1. The molecule has 0 bridgehead atoms. The Kier molecular flexibility index (Phi) is 4.92. The highest BCUT2D eigenvalue weighted by Gasteiger charge is 2.23. The van der Waals surface area contributed by atoms with E-state index in [0.29, 0.717) is 11.9 Å². The Morgan fingerprint density at radius 3 is 2.72 bits per heavy atom. The Hall–Kier alpha value is -2.57. The van der Waals surface area contributed by atoms with E-state index in [9.17, 15) is 14.7 Å². The third-order valence-electron chi connectivity index (χ3n) is 4.79. The summed E-state index contributed by atoms with van der Waals surface area (Å²) in [5, 5.41) is 13.1. The molecule has 7 nitrogen and oxygen atoms in total. The molecular formula is C18H23N3O4. The largest absolute Gasteiger partial charge is 0.504 e. The van der Waals surface area contributed by atoms with Gasteiger partial charge in [-0.1, -0.05) is 19.3 Å². The normalized spacial score (nSPS) is 15.3. The summed E-state index contributed by atoms with van der Waals surface area (Å²) in [6.07, 6.45) is 4.98. The highest BCUT2D eigenvalue weighted by Crippen LogP contribution is 2.32. The first kappa shape index (κ1) is 17.3. The van der Waals surface area contributed by atoms with Crippen molar-refractivity contribution in [3.63, 3.8) is 0 Å². The summed E-state index contributed by atoms with van der Waals surface area (Å²) in [4.78, 5) is 29.7. The number of carbonyl (C=O) groups is 1. The second-order valence-electron chi connectivity index (χ2n) is 6.32. The Morgan fingerprint density at radius 1 is 1.36 bits per heavy atom. The molecule has 1 aromatic heterocycles. The fraction of sp³-hybridized carbons (Fsp3) is 0.500. The molecule has 1 saturated carbocycles. The summed E-state index contributed by atoms with van der Waals surface area (Å²) in [7, 11) is 1.40. The first-order valence-electron chi connectivity index (χ1n) is 8.68. The zero-order chi connectivity index (χ0) is 18.0. The molecule has 0 saturated heterocycles. The van der Waals surface area contributed by atoms with Gasteiger partial charge in [-0.05, 0) is 31.9 Å². The van der Waals surface area contributed by atoms with Crippen LogP contribution in [0.15, 0.2) is 16.9 Å². The quantitative estimate of drug-likeness (QED) is 0.888. The van der Waals surface area contributed by atoms with E-state index in [1.165, 1.54) is 23.8 Å². The fourth-order valence-electron chi connectivity index (χ4n) is 3.42. The zero-order valence-corrected chi connectivity index (χ0v) is 14.5. The summed E-state index contributed by atoms with van der Waals surface area (Å²) in [5.74, 6) is 0.0798. The number of hydrogen-bond acceptors (Lipinski definition) is 5. The minimum Gasteiger partial charge on any atom is -0.504 e. The highest BCUT2D eigenvalue weighted by atomic mass is 16.5. The average molecular weight is 345 g/mol. The van der Waals surface area contributed by atoms with Crippen LogP contribution in [0, 0.1) is 5.92 Å². The topological polar surface area (TPSA) is 93.5 Å². The van der Waals surface area contributed by atoms with Gasteiger partial charge in [-0.25, -0.2) is 4.98 Å². The summed E-state index contributed by atoms with van der Waals surface area (Å²) in [5.41, 5.74) is -0.0270. The Bertz CT molecular complexity index is 854. The summed E-state index contributed by atoms with van der Waals surface area (Å²) in [6, 6.07) is 2.92. The number of hydrogen-bond donors (Lipinski definition) is 2. The highest BCUT2D eigenvalue weighted by molar-refractivity contribution is 5.93. The van der Waals surface area contributed by atoms with E-state index in [1.807, 2.05) is 6.92 Å². The Balaban J connectivity index is 2.07. The molecule has 2 N–H and O–H groups in total. The van der Waals surface area contributed by atoms with Crippen molar-refractivity contribution < 1.29 is 14.6 Å². The van der Waals surface area contributed by atoms with Gasteiger partial charge >= 0.3 is 0 Å². The fourth-order valence-corrected chi connectivity index (χ4v) is 3.42. The van der Waals surface area contributed by atoms with Crippen molar-refractivity contribution in [1.29, 1.82) is 0 Å². The number of nitrogens with zero attached hydrogens (tertiary/aromatic N) is 2. The monoisotopic (exact) mass is 345 g/mol. The number of carbonyl (C=O) groups excluding carboxylic acids is 1. The van der Waals surface area contributed by atoms with E-state index in [0.717, 1.165) is 32.1 Å². The van der Waals surface area contributed by atoms with Gasteiger partial charge in [-0.15, -0.1) is 0 Å². The van der Waals surface area contributed by atoms with Crippen LogP contribution >= 0.6 is 0 Å². The number of aromatic hydroxyl groups is 1. The number of anilines is 1. The summed E-state index contributed by atoms with van der Waals surface area (Å²) >= 11 is 0. The van der Waals surface area contributed by atoms with Gasteiger partial charge in [0.15, 0.2) is 11.5 Å². The van der Waals surface area contributed by atoms with Crippen LogP contribution in [0.25, 0.3) is 10.9 Å². The maximum atomic E-state index is 12.8. The minimum atomic E-state index is -0.273. The lowest BCUT2D eigenvalue weighted by Crippen LogP contribution is -2.30. The third-order valence-corrected chi connectivity index (χ3v) is 4.79. The molecule has 7 heteroatoms. The molecule has 0 radical (unpaired) electrons. The first-order valence-corrected chi connectivity index (χ1v) is 8.68. The smallest absolute Gasteiger partial charge is 0.262 e. The molecule has 1 fully saturated rings. The summed E-state index contributed by atoms with van der Waals surface area (Å²) in [6.45, 7) is 2.20. The van der Waals surface area contributed by atoms with Crippen molar-refractivity contribution >= 4 is 22.8 Å². The third kappa shape index (κ3) is 3.18. The molecule has 3 rings (SSSR count). The van der Waals surface area contributed by atoms with Crippen LogP contribution in [0.1, 0.15) is 39.0 Å². The van der Waals surface area contributed by atoms with Gasteiger partial charge in [0.25, 0.3) is 5.56 Å². The zero-order valence-electron chi connectivity index (χ0n) is 14.5. The second kappa shape index (κ2) is 7.13. The van der Waals surface area contributed by atoms with Gasteiger partial charge in [-0.2, -0.15) is 0 Å². The van der Waals surface area contributed by atoms with E-state index in [4.69, 9.17) is 4.74 Å². The van der Waals surface area contributed by atoms with Crippen LogP contribution in [-0.2, 0) is 11.3 Å². The lowest BCUT2D eigenvalue weighted by Gasteiger charge is -2.21. The maximum Gasteiger partial charge on any atom is 0.262 e. The lowest BCUT2D eigenvalue weighted by molar-refractivity contribution is -0.120. The maximum absolute atomic E-state index is 12.8. The van der Waals surface area contributed by atoms with Gasteiger partial charge < -0.3 is 9.84 Å². The second-order valence-corrected chi connectivity index (χ2v) is 6.32. The van der Waals surface area contributed by atoms with Crippen molar-refractivity contribution in [3.05, 3.63) is 22.5 Å². The number of phenols is 1. The molecule has 0 unspecified atom stereocenters. The van der Waals surface area contributed by atoms with Gasteiger partial charge in [0, 0.05) is 12.5 Å². The van der Waals surface area contributed by atoms with E-state index in [2.05, 4.69) is 10.3 Å². The SMILES string of the molecule is CCn1c(NC(=O)C2CCCCC2)nc2c(OC)c(O)ccc2c1=O. The number of fused-ring (bicyclic) bond motifs is 1. The van der Waals surface area contributed by atoms with E-state index < -0.39 is 0 Å². The molecule has 1 aromatic carbocycles. The first-order chi connectivity index (χ1) is 12.1. The molecule has 1 aliphatic carbocycles. The van der Waals surface area contributed by atoms with Crippen LogP contribution in [0.2, 0.25) is 0 Å². The molecule has 0 spiro atoms. The Morgan fingerprint density at radius 2 is 2.08 bits per heavy atom. The van der Waals surface area contributed by atoms with Crippen molar-refractivity contribution in [3.8, 4) is 11.5 Å². The molecule has 1 heterocycles. The van der Waals surface area contributed by atoms with Crippen LogP contribution in [0.4, 0.5) is 5.95 Å². The molecule has 2 aromatic rings. The van der Waals surface area contributed by atoms with Crippen molar-refractivity contribution in [2.24, 2.45) is 5.92 Å². The number of ether oxygens (including phenoxy) is 1. The van der Waals surface area contributed by atoms with Gasteiger partial charge in [0.05, 0.1) is 12.5 Å². The van der Waals surface area contributed by atoms with Crippen molar-refractivity contribution in [1.82, 2.24) is 9.55 Å². The predicted octanol–water partition coefficient (Wildman–Crippen LogP) is 2.65. The standard InChI is InChI=1S/C18H23N3O4/c1-3-21-17(24)12-9-10-13(22)15(25-2)14(12)19-18(21)20-16(23)11-7-5-4-6-8-11/h9-11,22H,3-8H2,1-2H3,(H,19,20,23). The van der Waals surface area contributed by atoms with Crippen LogP contribution in [0.5, 0.6) is 11.5 Å². The lowest BCUT2D eigenvalue weighted by atomic mass is 9.89. The Labute approximate surface area is 145 Å². The number of rotatable bonds is 4. The number of methoxy groups -OCH3 is 1. The molecule has 0 aliphatic heterocycles. The van der Waals surface area contributed by atoms with Crippen LogP contribution in [-0.4, -0.2) is 27.7 Å². The number of phenolic OH excluding ortho intramolecular Hbond substituents is 1. The number of amides is 1. The molecule has 0 atom stereocenters. The minimum absolute atomic E-state index is 0.0438. The molecular weight excluding hydrogens is 322 g/mol. The predicted molar refractivity (Wildman–Crippen MR) is 95.1 cm³/mol. The van der Waals surface area contributed by atoms with Crippen LogP contribution in [0.3, 0.4) is 0 Å². The van der Waals surface area contributed by atoms with Crippen molar-refractivity contribution in [2.75, 3.05) is 12.4 Å². The van der Waals surface area contributed by atoms with E-state index in [-0.39, 0.29) is 40.3 Å².